The summed E-state index contributed by atoms with van der Waals surface area (Å²) in [5.41, 5.74) is 1.91. The summed E-state index contributed by atoms with van der Waals surface area (Å²) in [4.78, 5) is 8.82. The van der Waals surface area contributed by atoms with E-state index >= 15 is 0 Å². The van der Waals surface area contributed by atoms with Gasteiger partial charge >= 0.3 is 0 Å². The molecular formula is C15H21BrIN5O. The number of rotatable bonds is 4. The molecule has 1 aliphatic heterocycles. The minimum Gasteiger partial charge on any atom is -0.381 e. The Morgan fingerprint density at radius 1 is 1.43 bits per heavy atom. The number of nitrogens with one attached hydrogen (secondary N) is 2. The number of imidazole rings is 1. The first-order valence-electron chi connectivity index (χ1n) is 7.40. The zero-order valence-electron chi connectivity index (χ0n) is 13.0. The second-order valence-electron chi connectivity index (χ2n) is 5.38. The number of halogens is 2. The van der Waals surface area contributed by atoms with Crippen molar-refractivity contribution in [1.82, 2.24) is 20.0 Å². The highest BCUT2D eigenvalue weighted by Crippen LogP contribution is 2.12. The molecule has 0 spiro atoms. The Morgan fingerprint density at radius 2 is 2.30 bits per heavy atom. The van der Waals surface area contributed by atoms with Crippen molar-refractivity contribution in [2.24, 2.45) is 10.9 Å². The zero-order chi connectivity index (χ0) is 15.4. The molecule has 0 aliphatic carbocycles. The Kier molecular flexibility index (Phi) is 7.09. The van der Waals surface area contributed by atoms with Crippen LogP contribution in [-0.2, 0) is 11.3 Å². The van der Waals surface area contributed by atoms with Gasteiger partial charge in [0.25, 0.3) is 0 Å². The van der Waals surface area contributed by atoms with E-state index in [0.717, 1.165) is 48.0 Å². The van der Waals surface area contributed by atoms with Crippen molar-refractivity contribution < 1.29 is 4.74 Å². The first-order valence-corrected chi connectivity index (χ1v) is 8.19. The molecule has 2 N–H and O–H groups in total. The van der Waals surface area contributed by atoms with Crippen LogP contribution in [0.2, 0.25) is 0 Å². The molecule has 0 radical (unpaired) electrons. The summed E-state index contributed by atoms with van der Waals surface area (Å²) in [6.45, 7) is 3.23. The predicted octanol–water partition coefficient (Wildman–Crippen LogP) is 2.42. The summed E-state index contributed by atoms with van der Waals surface area (Å²) < 4.78 is 8.42. The van der Waals surface area contributed by atoms with Gasteiger partial charge in [0.1, 0.15) is 5.65 Å². The lowest BCUT2D eigenvalue weighted by Crippen LogP contribution is -2.39. The molecule has 6 nitrogen and oxygen atoms in total. The average molecular weight is 494 g/mol. The Hall–Kier alpha value is -0.870. The van der Waals surface area contributed by atoms with Crippen LogP contribution in [0.15, 0.2) is 34.0 Å². The molecule has 1 fully saturated rings. The van der Waals surface area contributed by atoms with Gasteiger partial charge in [-0.15, -0.1) is 24.0 Å². The number of aliphatic imine (C=N–C) groups is 1. The third-order valence-electron chi connectivity index (χ3n) is 3.71. The molecule has 0 amide bonds. The highest BCUT2D eigenvalue weighted by Gasteiger charge is 2.15. The summed E-state index contributed by atoms with van der Waals surface area (Å²) >= 11 is 3.46. The number of nitrogens with zero attached hydrogens (tertiary/aromatic N) is 3. The summed E-state index contributed by atoms with van der Waals surface area (Å²) in [6, 6.07) is 3.98. The zero-order valence-corrected chi connectivity index (χ0v) is 16.9. The number of aromatic nitrogens is 2. The van der Waals surface area contributed by atoms with Gasteiger partial charge in [-0.05, 0) is 34.5 Å². The molecule has 1 aliphatic rings. The minimum absolute atomic E-state index is 0. The van der Waals surface area contributed by atoms with E-state index in [1.165, 1.54) is 0 Å². The summed E-state index contributed by atoms with van der Waals surface area (Å²) in [5.74, 6) is 1.37. The summed E-state index contributed by atoms with van der Waals surface area (Å²) in [5, 5.41) is 6.64. The van der Waals surface area contributed by atoms with Gasteiger partial charge in [0.2, 0.25) is 0 Å². The van der Waals surface area contributed by atoms with Gasteiger partial charge < -0.3 is 19.8 Å². The molecule has 2 aromatic heterocycles. The van der Waals surface area contributed by atoms with Crippen LogP contribution in [0.25, 0.3) is 5.65 Å². The third kappa shape index (κ3) is 5.05. The fourth-order valence-electron chi connectivity index (χ4n) is 2.48. The largest absolute Gasteiger partial charge is 0.381 e. The average Bonchev–Trinajstić information content (AvgIpc) is 3.16. The molecule has 1 atom stereocenters. The fourth-order valence-corrected chi connectivity index (χ4v) is 2.84. The molecular weight excluding hydrogens is 473 g/mol. The van der Waals surface area contributed by atoms with Crippen LogP contribution in [0, 0.1) is 5.92 Å². The lowest BCUT2D eigenvalue weighted by Gasteiger charge is -2.13. The second kappa shape index (κ2) is 8.84. The molecule has 0 bridgehead atoms. The Morgan fingerprint density at radius 3 is 3.04 bits per heavy atom. The van der Waals surface area contributed by atoms with Crippen LogP contribution in [0.5, 0.6) is 0 Å². The van der Waals surface area contributed by atoms with E-state index < -0.39 is 0 Å². The third-order valence-corrected chi connectivity index (χ3v) is 4.18. The lowest BCUT2D eigenvalue weighted by atomic mass is 10.1. The maximum absolute atomic E-state index is 5.38. The van der Waals surface area contributed by atoms with Crippen molar-refractivity contribution in [2.75, 3.05) is 26.8 Å². The number of guanidine groups is 1. The molecule has 1 unspecified atom stereocenters. The lowest BCUT2D eigenvalue weighted by molar-refractivity contribution is 0.186. The number of ether oxygens (including phenoxy) is 1. The smallest absolute Gasteiger partial charge is 0.191 e. The van der Waals surface area contributed by atoms with Gasteiger partial charge in [0, 0.05) is 43.0 Å². The van der Waals surface area contributed by atoms with E-state index in [1.54, 1.807) is 7.05 Å². The van der Waals surface area contributed by atoms with Crippen molar-refractivity contribution in [2.45, 2.75) is 13.0 Å². The first kappa shape index (κ1) is 18.5. The van der Waals surface area contributed by atoms with Crippen molar-refractivity contribution in [3.8, 4) is 0 Å². The van der Waals surface area contributed by atoms with Gasteiger partial charge in [-0.2, -0.15) is 0 Å². The Balaban J connectivity index is 0.00000192. The van der Waals surface area contributed by atoms with Gasteiger partial charge in [-0.25, -0.2) is 4.98 Å². The quantitative estimate of drug-likeness (QED) is 0.390. The number of pyridine rings is 1. The standard InChI is InChI=1S/C15H20BrN5O.HI/c1-17-15(18-6-11-4-5-22-10-11)19-7-13-9-21-8-12(16)2-3-14(21)20-13;/h2-3,8-9,11H,4-7,10H2,1H3,(H2,17,18,19);1H. The van der Waals surface area contributed by atoms with E-state index in [2.05, 4.69) is 36.5 Å². The second-order valence-corrected chi connectivity index (χ2v) is 6.30. The topological polar surface area (TPSA) is 63.0 Å². The van der Waals surface area contributed by atoms with Crippen LogP contribution in [-0.4, -0.2) is 42.2 Å². The van der Waals surface area contributed by atoms with Crippen LogP contribution in [0.3, 0.4) is 0 Å². The SMILES string of the molecule is CN=C(NCc1cn2cc(Br)ccc2n1)NCC1CCOC1.I. The van der Waals surface area contributed by atoms with Crippen molar-refractivity contribution in [3.63, 3.8) is 0 Å². The molecule has 2 aromatic rings. The van der Waals surface area contributed by atoms with Crippen LogP contribution in [0.4, 0.5) is 0 Å². The maximum atomic E-state index is 5.38. The predicted molar refractivity (Wildman–Crippen MR) is 105 cm³/mol. The highest BCUT2D eigenvalue weighted by molar-refractivity contribution is 14.0. The monoisotopic (exact) mass is 493 g/mol. The summed E-state index contributed by atoms with van der Waals surface area (Å²) in [6.07, 6.45) is 5.13. The normalized spacial score (nSPS) is 18.0. The van der Waals surface area contributed by atoms with Gasteiger partial charge in [0.15, 0.2) is 5.96 Å². The van der Waals surface area contributed by atoms with Gasteiger partial charge in [-0.3, -0.25) is 4.99 Å². The molecule has 23 heavy (non-hydrogen) atoms. The Labute approximate surface area is 161 Å². The molecule has 0 saturated carbocycles. The molecule has 3 heterocycles. The maximum Gasteiger partial charge on any atom is 0.191 e. The fraction of sp³-hybridized carbons (Fsp3) is 0.467. The molecule has 126 valence electrons. The van der Waals surface area contributed by atoms with Gasteiger partial charge in [0.05, 0.1) is 18.8 Å². The van der Waals surface area contributed by atoms with Gasteiger partial charge in [-0.1, -0.05) is 0 Å². The highest BCUT2D eigenvalue weighted by atomic mass is 127. The van der Waals surface area contributed by atoms with Crippen molar-refractivity contribution in [3.05, 3.63) is 34.7 Å². The van der Waals surface area contributed by atoms with Crippen LogP contribution >= 0.6 is 39.9 Å². The first-order chi connectivity index (χ1) is 10.7. The van der Waals surface area contributed by atoms with E-state index in [0.29, 0.717) is 12.5 Å². The van der Waals surface area contributed by atoms with Crippen LogP contribution in [0.1, 0.15) is 12.1 Å². The Bertz CT molecular complexity index is 669. The number of hydrogen-bond acceptors (Lipinski definition) is 3. The van der Waals surface area contributed by atoms with E-state index in [4.69, 9.17) is 4.74 Å². The summed E-state index contributed by atoms with van der Waals surface area (Å²) in [7, 11) is 1.78. The van der Waals surface area contributed by atoms with E-state index in [1.807, 2.05) is 28.9 Å². The van der Waals surface area contributed by atoms with Crippen molar-refractivity contribution >= 4 is 51.5 Å². The molecule has 1 saturated heterocycles. The number of fused-ring (bicyclic) bond motifs is 1. The van der Waals surface area contributed by atoms with E-state index in [-0.39, 0.29) is 24.0 Å². The molecule has 3 rings (SSSR count). The minimum atomic E-state index is 0. The molecule has 8 heteroatoms. The van der Waals surface area contributed by atoms with Crippen LogP contribution < -0.4 is 10.6 Å². The number of hydrogen-bond donors (Lipinski definition) is 2. The van der Waals surface area contributed by atoms with E-state index in [9.17, 15) is 0 Å². The van der Waals surface area contributed by atoms with Crippen molar-refractivity contribution in [1.29, 1.82) is 0 Å². The molecule has 0 aromatic carbocycles.